The number of nitrogens with zero attached hydrogens (tertiary/aromatic N) is 2. The second-order valence-corrected chi connectivity index (χ2v) is 5.88. The minimum atomic E-state index is -0.0862. The van der Waals surface area contributed by atoms with E-state index in [1.165, 1.54) is 0 Å². The molecular formula is C14H18IN3O2. The largest absolute Gasteiger partial charge is 0.379 e. The van der Waals surface area contributed by atoms with Gasteiger partial charge in [-0.1, -0.05) is 12.1 Å². The maximum absolute atomic E-state index is 11.8. The van der Waals surface area contributed by atoms with Crippen LogP contribution in [-0.4, -0.2) is 49.4 Å². The van der Waals surface area contributed by atoms with E-state index in [-0.39, 0.29) is 5.91 Å². The van der Waals surface area contributed by atoms with Gasteiger partial charge in [0.2, 0.25) is 0 Å². The zero-order valence-electron chi connectivity index (χ0n) is 11.4. The number of amides is 1. The first-order valence-electron chi connectivity index (χ1n) is 6.54. The lowest BCUT2D eigenvalue weighted by molar-refractivity contribution is -0.123. The van der Waals surface area contributed by atoms with Crippen LogP contribution in [0, 0.1) is 3.57 Å². The van der Waals surface area contributed by atoms with Gasteiger partial charge >= 0.3 is 0 Å². The topological polar surface area (TPSA) is 53.9 Å². The van der Waals surface area contributed by atoms with Crippen molar-refractivity contribution in [2.75, 3.05) is 32.8 Å². The Bertz CT molecular complexity index is 499. The number of nitrogens with one attached hydrogen (secondary N) is 1. The average molecular weight is 387 g/mol. The van der Waals surface area contributed by atoms with Gasteiger partial charge in [0.05, 0.1) is 25.5 Å². The Kier molecular flexibility index (Phi) is 5.93. The van der Waals surface area contributed by atoms with Gasteiger partial charge in [-0.05, 0) is 47.2 Å². The summed E-state index contributed by atoms with van der Waals surface area (Å²) in [5, 5.41) is 4.16. The molecule has 0 aliphatic carbocycles. The highest BCUT2D eigenvalue weighted by Gasteiger charge is 2.13. The van der Waals surface area contributed by atoms with Gasteiger partial charge in [0.25, 0.3) is 5.91 Å². The molecule has 6 heteroatoms. The normalized spacial score (nSPS) is 17.0. The summed E-state index contributed by atoms with van der Waals surface area (Å²) in [5.41, 5.74) is 4.43. The Labute approximate surface area is 132 Å². The molecular weight excluding hydrogens is 369 g/mol. The first-order valence-corrected chi connectivity index (χ1v) is 7.62. The molecule has 0 unspecified atom stereocenters. The van der Waals surface area contributed by atoms with Crippen molar-refractivity contribution in [1.29, 1.82) is 0 Å². The number of morpholine rings is 1. The zero-order chi connectivity index (χ0) is 14.4. The van der Waals surface area contributed by atoms with Crippen LogP contribution in [0.4, 0.5) is 0 Å². The Morgan fingerprint density at radius 3 is 2.90 bits per heavy atom. The van der Waals surface area contributed by atoms with Crippen LogP contribution in [0.1, 0.15) is 12.5 Å². The van der Waals surface area contributed by atoms with Crippen molar-refractivity contribution in [2.45, 2.75) is 6.92 Å². The Balaban J connectivity index is 1.86. The number of carbonyl (C=O) groups excluding carboxylic acids is 1. The lowest BCUT2D eigenvalue weighted by Crippen LogP contribution is -2.42. The number of carbonyl (C=O) groups is 1. The molecule has 1 aliphatic heterocycles. The SMILES string of the molecule is C/C(=N/NC(=O)CN1CCOCC1)c1cccc(I)c1. The maximum Gasteiger partial charge on any atom is 0.254 e. The lowest BCUT2D eigenvalue weighted by Gasteiger charge is -2.25. The van der Waals surface area contributed by atoms with Crippen LogP contribution in [-0.2, 0) is 9.53 Å². The van der Waals surface area contributed by atoms with Crippen molar-refractivity contribution in [3.8, 4) is 0 Å². The molecule has 1 aromatic carbocycles. The Morgan fingerprint density at radius 1 is 1.45 bits per heavy atom. The second kappa shape index (κ2) is 7.70. The smallest absolute Gasteiger partial charge is 0.254 e. The van der Waals surface area contributed by atoms with Crippen LogP contribution in [0.3, 0.4) is 0 Å². The molecule has 1 fully saturated rings. The molecule has 1 saturated heterocycles. The highest BCUT2D eigenvalue weighted by molar-refractivity contribution is 14.1. The molecule has 0 radical (unpaired) electrons. The minimum absolute atomic E-state index is 0.0862. The van der Waals surface area contributed by atoms with Gasteiger partial charge in [0, 0.05) is 16.7 Å². The quantitative estimate of drug-likeness (QED) is 0.484. The van der Waals surface area contributed by atoms with Gasteiger partial charge in [-0.25, -0.2) is 5.43 Å². The Morgan fingerprint density at radius 2 is 2.20 bits per heavy atom. The summed E-state index contributed by atoms with van der Waals surface area (Å²) >= 11 is 2.26. The predicted octanol–water partition coefficient (Wildman–Crippen LogP) is 1.46. The van der Waals surface area contributed by atoms with Crippen molar-refractivity contribution in [3.05, 3.63) is 33.4 Å². The number of halogens is 1. The van der Waals surface area contributed by atoms with Crippen LogP contribution in [0.15, 0.2) is 29.4 Å². The van der Waals surface area contributed by atoms with E-state index in [0.29, 0.717) is 19.8 Å². The fraction of sp³-hybridized carbons (Fsp3) is 0.429. The van der Waals surface area contributed by atoms with Crippen molar-refractivity contribution >= 4 is 34.2 Å². The van der Waals surface area contributed by atoms with Crippen molar-refractivity contribution in [1.82, 2.24) is 10.3 Å². The van der Waals surface area contributed by atoms with E-state index in [4.69, 9.17) is 4.74 Å². The van der Waals surface area contributed by atoms with Gasteiger partial charge in [-0.2, -0.15) is 5.10 Å². The first-order chi connectivity index (χ1) is 9.65. The van der Waals surface area contributed by atoms with E-state index < -0.39 is 0 Å². The maximum atomic E-state index is 11.8. The molecule has 0 bridgehead atoms. The molecule has 1 aliphatic rings. The van der Waals surface area contributed by atoms with Crippen molar-refractivity contribution in [2.24, 2.45) is 5.10 Å². The van der Waals surface area contributed by atoms with Crippen LogP contribution in [0.5, 0.6) is 0 Å². The fourth-order valence-electron chi connectivity index (χ4n) is 1.92. The van der Waals surface area contributed by atoms with E-state index in [1.807, 2.05) is 31.2 Å². The molecule has 0 atom stereocenters. The predicted molar refractivity (Wildman–Crippen MR) is 86.8 cm³/mol. The summed E-state index contributed by atoms with van der Waals surface area (Å²) < 4.78 is 6.39. The van der Waals surface area contributed by atoms with Crippen LogP contribution in [0.25, 0.3) is 0 Å². The number of hydrogen-bond donors (Lipinski definition) is 1. The number of hydrazone groups is 1. The van der Waals surface area contributed by atoms with E-state index in [0.717, 1.165) is 27.9 Å². The molecule has 2 rings (SSSR count). The lowest BCUT2D eigenvalue weighted by atomic mass is 10.1. The first kappa shape index (κ1) is 15.4. The van der Waals surface area contributed by atoms with E-state index in [2.05, 4.69) is 38.0 Å². The highest BCUT2D eigenvalue weighted by atomic mass is 127. The summed E-state index contributed by atoms with van der Waals surface area (Å²) in [6.07, 6.45) is 0. The summed E-state index contributed by atoms with van der Waals surface area (Å²) in [5.74, 6) is -0.0862. The van der Waals surface area contributed by atoms with Crippen LogP contribution >= 0.6 is 22.6 Å². The van der Waals surface area contributed by atoms with Crippen molar-refractivity contribution in [3.63, 3.8) is 0 Å². The van der Waals surface area contributed by atoms with Gasteiger partial charge < -0.3 is 4.74 Å². The monoisotopic (exact) mass is 387 g/mol. The van der Waals surface area contributed by atoms with Crippen molar-refractivity contribution < 1.29 is 9.53 Å². The third kappa shape index (κ3) is 4.84. The summed E-state index contributed by atoms with van der Waals surface area (Å²) in [4.78, 5) is 13.9. The molecule has 1 N–H and O–H groups in total. The van der Waals surface area contributed by atoms with Crippen LogP contribution in [0.2, 0.25) is 0 Å². The molecule has 1 amide bonds. The Hall–Kier alpha value is -0.990. The molecule has 108 valence electrons. The van der Waals surface area contributed by atoms with Crippen LogP contribution < -0.4 is 5.43 Å². The van der Waals surface area contributed by atoms with Gasteiger partial charge in [0.15, 0.2) is 0 Å². The minimum Gasteiger partial charge on any atom is -0.379 e. The molecule has 0 aromatic heterocycles. The zero-order valence-corrected chi connectivity index (χ0v) is 13.6. The number of ether oxygens (including phenoxy) is 1. The molecule has 1 aromatic rings. The van der Waals surface area contributed by atoms with E-state index >= 15 is 0 Å². The summed E-state index contributed by atoms with van der Waals surface area (Å²) in [6.45, 7) is 5.24. The summed E-state index contributed by atoms with van der Waals surface area (Å²) in [6, 6.07) is 8.02. The third-order valence-corrected chi connectivity index (χ3v) is 3.73. The standard InChI is InChI=1S/C14H18IN3O2/c1-11(12-3-2-4-13(15)9-12)16-17-14(19)10-18-5-7-20-8-6-18/h2-4,9H,5-8,10H2,1H3,(H,17,19)/b16-11-. The fourth-order valence-corrected chi connectivity index (χ4v) is 2.47. The van der Waals surface area contributed by atoms with Gasteiger partial charge in [0.1, 0.15) is 0 Å². The third-order valence-electron chi connectivity index (χ3n) is 3.06. The molecule has 0 saturated carbocycles. The number of benzene rings is 1. The number of hydrogen-bond acceptors (Lipinski definition) is 4. The van der Waals surface area contributed by atoms with E-state index in [1.54, 1.807) is 0 Å². The second-order valence-electron chi connectivity index (χ2n) is 4.63. The number of rotatable bonds is 4. The van der Waals surface area contributed by atoms with E-state index in [9.17, 15) is 4.79 Å². The molecule has 1 heterocycles. The summed E-state index contributed by atoms with van der Waals surface area (Å²) in [7, 11) is 0. The van der Waals surface area contributed by atoms with Gasteiger partial charge in [-0.3, -0.25) is 9.69 Å². The molecule has 5 nitrogen and oxygen atoms in total. The highest BCUT2D eigenvalue weighted by Crippen LogP contribution is 2.08. The van der Waals surface area contributed by atoms with Gasteiger partial charge in [-0.15, -0.1) is 0 Å². The molecule has 0 spiro atoms. The average Bonchev–Trinajstić information content (AvgIpc) is 2.46. The molecule has 20 heavy (non-hydrogen) atoms.